The van der Waals surface area contributed by atoms with Crippen LogP contribution in [0.15, 0.2) is 30.5 Å². The number of rotatable bonds is 4. The second-order valence-corrected chi connectivity index (χ2v) is 7.10. The van der Waals surface area contributed by atoms with E-state index in [-0.39, 0.29) is 23.4 Å². The molecular weight excluding hydrogens is 316 g/mol. The molecule has 1 aromatic carbocycles. The third-order valence-corrected chi connectivity index (χ3v) is 4.69. The molecule has 3 rings (SSSR count). The summed E-state index contributed by atoms with van der Waals surface area (Å²) in [5.74, 6) is 0.0235. The highest BCUT2D eigenvalue weighted by molar-refractivity contribution is 5.95. The van der Waals surface area contributed by atoms with Crippen molar-refractivity contribution in [3.63, 3.8) is 0 Å². The lowest BCUT2D eigenvalue weighted by molar-refractivity contribution is 0.0917. The van der Waals surface area contributed by atoms with Crippen molar-refractivity contribution in [1.29, 1.82) is 0 Å². The first-order valence-electron chi connectivity index (χ1n) is 8.87. The fourth-order valence-electron chi connectivity index (χ4n) is 3.19. The zero-order chi connectivity index (χ0) is 18.0. The Bertz CT molecular complexity index is 736. The molecule has 0 aliphatic carbocycles. The molecule has 0 radical (unpaired) electrons. The van der Waals surface area contributed by atoms with Crippen LogP contribution in [-0.2, 0) is 0 Å². The van der Waals surface area contributed by atoms with Gasteiger partial charge in [0.2, 0.25) is 0 Å². The van der Waals surface area contributed by atoms with E-state index in [1.165, 1.54) is 11.8 Å². The van der Waals surface area contributed by atoms with Crippen molar-refractivity contribution in [2.45, 2.75) is 51.6 Å². The quantitative estimate of drug-likeness (QED) is 0.798. The first-order chi connectivity index (χ1) is 11.9. The molecule has 134 valence electrons. The number of carbonyl (C=O) groups excluding carboxylic acids is 1. The summed E-state index contributed by atoms with van der Waals surface area (Å²) in [5.41, 5.74) is 2.12. The average Bonchev–Trinajstić information content (AvgIpc) is 2.97. The van der Waals surface area contributed by atoms with Gasteiger partial charge in [0, 0.05) is 12.1 Å². The zero-order valence-electron chi connectivity index (χ0n) is 15.0. The second-order valence-electron chi connectivity index (χ2n) is 7.10. The molecule has 6 heteroatoms. The molecule has 3 N–H and O–H groups in total. The molecule has 1 aliphatic rings. The molecule has 0 saturated carbocycles. The highest BCUT2D eigenvalue weighted by atomic mass is 16.3. The summed E-state index contributed by atoms with van der Waals surface area (Å²) in [6.45, 7) is 7.26. The van der Waals surface area contributed by atoms with E-state index < -0.39 is 0 Å². The molecule has 1 saturated heterocycles. The van der Waals surface area contributed by atoms with Crippen LogP contribution in [0, 0.1) is 0 Å². The van der Waals surface area contributed by atoms with Gasteiger partial charge in [-0.2, -0.15) is 5.10 Å². The van der Waals surface area contributed by atoms with E-state index in [2.05, 4.69) is 36.5 Å². The number of piperidine rings is 1. The van der Waals surface area contributed by atoms with Crippen LogP contribution in [0.3, 0.4) is 0 Å². The maximum atomic E-state index is 12.5. The Morgan fingerprint density at radius 2 is 2.08 bits per heavy atom. The van der Waals surface area contributed by atoms with Crippen LogP contribution >= 0.6 is 0 Å². The van der Waals surface area contributed by atoms with Gasteiger partial charge in [0.25, 0.3) is 5.91 Å². The van der Waals surface area contributed by atoms with Crippen molar-refractivity contribution in [1.82, 2.24) is 20.4 Å². The van der Waals surface area contributed by atoms with Crippen LogP contribution in [0.5, 0.6) is 5.75 Å². The summed E-state index contributed by atoms with van der Waals surface area (Å²) in [7, 11) is 0. The first kappa shape index (κ1) is 17.5. The summed E-state index contributed by atoms with van der Waals surface area (Å²) in [5, 5.41) is 20.7. The number of aromatic hydroxyl groups is 1. The van der Waals surface area contributed by atoms with Crippen LogP contribution in [0.25, 0.3) is 5.69 Å². The minimum absolute atomic E-state index is 0.0686. The predicted molar refractivity (Wildman–Crippen MR) is 97.3 cm³/mol. The normalized spacial score (nSPS) is 20.6. The van der Waals surface area contributed by atoms with Crippen LogP contribution < -0.4 is 10.6 Å². The number of benzene rings is 1. The Balaban J connectivity index is 1.74. The molecule has 2 atom stereocenters. The molecule has 25 heavy (non-hydrogen) atoms. The van der Waals surface area contributed by atoms with Crippen molar-refractivity contribution in [3.8, 4) is 11.4 Å². The van der Waals surface area contributed by atoms with Gasteiger partial charge in [-0.1, -0.05) is 26.0 Å². The molecule has 2 heterocycles. The predicted octanol–water partition coefficient (Wildman–Crippen LogP) is 2.57. The number of nitrogens with one attached hydrogen (secondary N) is 2. The SMILES string of the molecule is CC1CC(NC(=O)c2nn(-c3ccc(C(C)C)cc3)cc2O)CCN1. The maximum absolute atomic E-state index is 12.5. The maximum Gasteiger partial charge on any atom is 0.275 e. The van der Waals surface area contributed by atoms with Gasteiger partial charge in [-0.3, -0.25) is 4.79 Å². The first-order valence-corrected chi connectivity index (χ1v) is 8.87. The van der Waals surface area contributed by atoms with Gasteiger partial charge in [0.15, 0.2) is 11.4 Å². The van der Waals surface area contributed by atoms with Crippen molar-refractivity contribution >= 4 is 5.91 Å². The van der Waals surface area contributed by atoms with Crippen LogP contribution in [0.2, 0.25) is 0 Å². The van der Waals surface area contributed by atoms with E-state index in [9.17, 15) is 9.90 Å². The number of aromatic nitrogens is 2. The van der Waals surface area contributed by atoms with E-state index in [0.717, 1.165) is 25.1 Å². The Labute approximate surface area is 148 Å². The third-order valence-electron chi connectivity index (χ3n) is 4.69. The van der Waals surface area contributed by atoms with Crippen LogP contribution in [0.4, 0.5) is 0 Å². The summed E-state index contributed by atoms with van der Waals surface area (Å²) in [6.07, 6.45) is 3.24. The summed E-state index contributed by atoms with van der Waals surface area (Å²) in [4.78, 5) is 12.5. The Morgan fingerprint density at radius 1 is 1.36 bits per heavy atom. The van der Waals surface area contributed by atoms with Crippen molar-refractivity contribution in [2.75, 3.05) is 6.54 Å². The third kappa shape index (κ3) is 4.02. The molecule has 0 spiro atoms. The lowest BCUT2D eigenvalue weighted by atomic mass is 10.0. The molecule has 1 aliphatic heterocycles. The van der Waals surface area contributed by atoms with Crippen LogP contribution in [0.1, 0.15) is 55.6 Å². The smallest absolute Gasteiger partial charge is 0.275 e. The average molecular weight is 342 g/mol. The standard InChI is InChI=1S/C19H26N4O2/c1-12(2)14-4-6-16(7-5-14)23-11-17(24)18(22-23)19(25)21-15-8-9-20-13(3)10-15/h4-7,11-13,15,20,24H,8-10H2,1-3H3,(H,21,25). The van der Waals surface area contributed by atoms with Gasteiger partial charge in [0.1, 0.15) is 0 Å². The second kappa shape index (κ2) is 7.27. The number of carbonyl (C=O) groups is 1. The Kier molecular flexibility index (Phi) is 5.08. The number of hydrogen-bond donors (Lipinski definition) is 3. The van der Waals surface area contributed by atoms with E-state index in [0.29, 0.717) is 12.0 Å². The fraction of sp³-hybridized carbons (Fsp3) is 0.474. The lowest BCUT2D eigenvalue weighted by Crippen LogP contribution is -2.46. The minimum atomic E-state index is -0.325. The molecular formula is C19H26N4O2. The molecule has 1 fully saturated rings. The Morgan fingerprint density at radius 3 is 2.72 bits per heavy atom. The van der Waals surface area contributed by atoms with Gasteiger partial charge >= 0.3 is 0 Å². The zero-order valence-corrected chi connectivity index (χ0v) is 15.0. The molecule has 1 aromatic heterocycles. The van der Waals surface area contributed by atoms with Gasteiger partial charge < -0.3 is 15.7 Å². The van der Waals surface area contributed by atoms with Gasteiger partial charge in [-0.25, -0.2) is 4.68 Å². The van der Waals surface area contributed by atoms with E-state index in [1.807, 2.05) is 24.3 Å². The summed E-state index contributed by atoms with van der Waals surface area (Å²) < 4.78 is 1.54. The monoisotopic (exact) mass is 342 g/mol. The van der Waals surface area contributed by atoms with Crippen molar-refractivity contribution in [3.05, 3.63) is 41.7 Å². The van der Waals surface area contributed by atoms with Gasteiger partial charge in [-0.05, 0) is 49.9 Å². The van der Waals surface area contributed by atoms with E-state index >= 15 is 0 Å². The largest absolute Gasteiger partial charge is 0.504 e. The fourth-order valence-corrected chi connectivity index (χ4v) is 3.19. The van der Waals surface area contributed by atoms with Gasteiger partial charge in [-0.15, -0.1) is 0 Å². The number of nitrogens with zero attached hydrogens (tertiary/aromatic N) is 2. The number of hydrogen-bond acceptors (Lipinski definition) is 4. The summed E-state index contributed by atoms with van der Waals surface area (Å²) >= 11 is 0. The highest BCUT2D eigenvalue weighted by Crippen LogP contribution is 2.21. The highest BCUT2D eigenvalue weighted by Gasteiger charge is 2.23. The lowest BCUT2D eigenvalue weighted by Gasteiger charge is -2.28. The summed E-state index contributed by atoms with van der Waals surface area (Å²) in [6, 6.07) is 8.45. The van der Waals surface area contributed by atoms with E-state index in [1.54, 1.807) is 4.68 Å². The molecule has 2 unspecified atom stereocenters. The molecule has 1 amide bonds. The number of amides is 1. The van der Waals surface area contributed by atoms with Crippen molar-refractivity contribution < 1.29 is 9.90 Å². The molecule has 2 aromatic rings. The van der Waals surface area contributed by atoms with Crippen LogP contribution in [-0.4, -0.2) is 39.4 Å². The van der Waals surface area contributed by atoms with Crippen molar-refractivity contribution in [2.24, 2.45) is 0 Å². The topological polar surface area (TPSA) is 79.2 Å². The Hall–Kier alpha value is -2.34. The minimum Gasteiger partial charge on any atom is -0.504 e. The van der Waals surface area contributed by atoms with Gasteiger partial charge in [0.05, 0.1) is 11.9 Å². The van der Waals surface area contributed by atoms with E-state index in [4.69, 9.17) is 0 Å². The molecule has 0 bridgehead atoms. The molecule has 6 nitrogen and oxygen atoms in total.